The molecular formula is C17H21ClN2. The molecule has 2 aromatic rings. The van der Waals surface area contributed by atoms with Gasteiger partial charge in [0.15, 0.2) is 0 Å². The van der Waals surface area contributed by atoms with Gasteiger partial charge in [-0.25, -0.2) is 0 Å². The predicted molar refractivity (Wildman–Crippen MR) is 87.8 cm³/mol. The average molecular weight is 289 g/mol. The molecule has 3 heteroatoms. The van der Waals surface area contributed by atoms with Gasteiger partial charge in [-0.2, -0.15) is 0 Å². The zero-order valence-electron chi connectivity index (χ0n) is 11.7. The highest BCUT2D eigenvalue weighted by Crippen LogP contribution is 2.37. The third-order valence-corrected chi connectivity index (χ3v) is 4.44. The first-order valence-electron chi connectivity index (χ1n) is 7.46. The lowest BCUT2D eigenvalue weighted by molar-refractivity contribution is 0.577. The van der Waals surface area contributed by atoms with Crippen LogP contribution in [0.3, 0.4) is 0 Å². The van der Waals surface area contributed by atoms with Crippen molar-refractivity contribution in [3.8, 4) is 0 Å². The summed E-state index contributed by atoms with van der Waals surface area (Å²) in [6.07, 6.45) is 4.78. The Morgan fingerprint density at radius 2 is 1.75 bits per heavy atom. The molecule has 3 rings (SSSR count). The van der Waals surface area contributed by atoms with Crippen LogP contribution in [0.1, 0.15) is 24.8 Å². The average Bonchev–Trinajstić information content (AvgIpc) is 2.49. The molecule has 106 valence electrons. The number of hydrogen-bond acceptors (Lipinski definition) is 2. The van der Waals surface area contributed by atoms with E-state index in [0.29, 0.717) is 6.54 Å². The SMILES string of the molecule is NCCc1cc(Cl)c2ccccc2c1N1CCCCC1. The summed E-state index contributed by atoms with van der Waals surface area (Å²) in [5, 5.41) is 3.26. The Morgan fingerprint density at radius 1 is 1.05 bits per heavy atom. The number of nitrogens with two attached hydrogens (primary N) is 1. The minimum absolute atomic E-state index is 0.662. The maximum Gasteiger partial charge on any atom is 0.0488 e. The molecule has 1 aliphatic heterocycles. The Hall–Kier alpha value is -1.25. The Labute approximate surface area is 125 Å². The highest BCUT2D eigenvalue weighted by molar-refractivity contribution is 6.36. The molecule has 0 aromatic heterocycles. The van der Waals surface area contributed by atoms with E-state index in [1.807, 2.05) is 0 Å². The van der Waals surface area contributed by atoms with Crippen LogP contribution < -0.4 is 10.6 Å². The van der Waals surface area contributed by atoms with Gasteiger partial charge in [0.2, 0.25) is 0 Å². The zero-order chi connectivity index (χ0) is 13.9. The molecular weight excluding hydrogens is 268 g/mol. The lowest BCUT2D eigenvalue weighted by atomic mass is 9.99. The van der Waals surface area contributed by atoms with E-state index in [0.717, 1.165) is 29.9 Å². The second-order valence-corrected chi connectivity index (χ2v) is 5.91. The number of hydrogen-bond donors (Lipinski definition) is 1. The van der Waals surface area contributed by atoms with E-state index in [9.17, 15) is 0 Å². The van der Waals surface area contributed by atoms with Crippen molar-refractivity contribution in [3.63, 3.8) is 0 Å². The lowest BCUT2D eigenvalue weighted by Gasteiger charge is -2.32. The first-order chi connectivity index (χ1) is 9.81. The summed E-state index contributed by atoms with van der Waals surface area (Å²) in [5.41, 5.74) is 8.44. The van der Waals surface area contributed by atoms with Gasteiger partial charge in [-0.3, -0.25) is 0 Å². The van der Waals surface area contributed by atoms with Crippen LogP contribution in [-0.2, 0) is 6.42 Å². The van der Waals surface area contributed by atoms with Crippen LogP contribution in [0.25, 0.3) is 10.8 Å². The van der Waals surface area contributed by atoms with Crippen LogP contribution >= 0.6 is 11.6 Å². The highest BCUT2D eigenvalue weighted by Gasteiger charge is 2.18. The summed E-state index contributed by atoms with van der Waals surface area (Å²) in [4.78, 5) is 2.52. The molecule has 0 radical (unpaired) electrons. The van der Waals surface area contributed by atoms with Gasteiger partial charge >= 0.3 is 0 Å². The summed E-state index contributed by atoms with van der Waals surface area (Å²) >= 11 is 6.45. The van der Waals surface area contributed by atoms with Crippen molar-refractivity contribution >= 4 is 28.1 Å². The van der Waals surface area contributed by atoms with Crippen LogP contribution in [0.2, 0.25) is 5.02 Å². The van der Waals surface area contributed by atoms with Crippen molar-refractivity contribution in [3.05, 3.63) is 40.9 Å². The Balaban J connectivity index is 2.19. The van der Waals surface area contributed by atoms with Crippen LogP contribution in [0.5, 0.6) is 0 Å². The van der Waals surface area contributed by atoms with Crippen molar-refractivity contribution < 1.29 is 0 Å². The number of benzene rings is 2. The summed E-state index contributed by atoms with van der Waals surface area (Å²) in [7, 11) is 0. The number of piperidine rings is 1. The first-order valence-corrected chi connectivity index (χ1v) is 7.84. The molecule has 2 aromatic carbocycles. The van der Waals surface area contributed by atoms with Crippen LogP contribution in [-0.4, -0.2) is 19.6 Å². The summed E-state index contributed by atoms with van der Waals surface area (Å²) in [6, 6.07) is 10.6. The minimum atomic E-state index is 0.662. The molecule has 0 saturated carbocycles. The van der Waals surface area contributed by atoms with Crippen LogP contribution in [0, 0.1) is 0 Å². The molecule has 2 N–H and O–H groups in total. The fourth-order valence-corrected chi connectivity index (χ4v) is 3.50. The summed E-state index contributed by atoms with van der Waals surface area (Å²) in [6.45, 7) is 2.95. The number of rotatable bonds is 3. The normalized spacial score (nSPS) is 15.8. The molecule has 20 heavy (non-hydrogen) atoms. The number of nitrogens with zero attached hydrogens (tertiary/aromatic N) is 1. The van der Waals surface area contributed by atoms with Gasteiger partial charge in [-0.15, -0.1) is 0 Å². The number of anilines is 1. The fraction of sp³-hybridized carbons (Fsp3) is 0.412. The van der Waals surface area contributed by atoms with E-state index in [-0.39, 0.29) is 0 Å². The summed E-state index contributed by atoms with van der Waals surface area (Å²) in [5.74, 6) is 0. The van der Waals surface area contributed by atoms with Crippen LogP contribution in [0.4, 0.5) is 5.69 Å². The summed E-state index contributed by atoms with van der Waals surface area (Å²) < 4.78 is 0. The van der Waals surface area contributed by atoms with Gasteiger partial charge in [-0.05, 0) is 43.9 Å². The minimum Gasteiger partial charge on any atom is -0.371 e. The highest BCUT2D eigenvalue weighted by atomic mass is 35.5. The van der Waals surface area contributed by atoms with Crippen molar-refractivity contribution in [2.24, 2.45) is 5.73 Å². The molecule has 0 spiro atoms. The maximum atomic E-state index is 6.45. The predicted octanol–water partition coefficient (Wildman–Crippen LogP) is 3.98. The standard InChI is InChI=1S/C17H21ClN2/c18-16-12-13(8-9-19)17(20-10-4-1-5-11-20)15-7-3-2-6-14(15)16/h2-3,6-7,12H,1,4-5,8-11,19H2. The first kappa shape index (κ1) is 13.7. The Morgan fingerprint density at radius 3 is 2.45 bits per heavy atom. The molecule has 0 unspecified atom stereocenters. The van der Waals surface area contributed by atoms with Crippen molar-refractivity contribution in [1.82, 2.24) is 0 Å². The number of halogens is 1. The molecule has 2 nitrogen and oxygen atoms in total. The van der Waals surface area contributed by atoms with Gasteiger partial charge in [0.25, 0.3) is 0 Å². The molecule has 0 atom stereocenters. The third-order valence-electron chi connectivity index (χ3n) is 4.13. The molecule has 1 fully saturated rings. The number of fused-ring (bicyclic) bond motifs is 1. The molecule has 1 aliphatic rings. The maximum absolute atomic E-state index is 6.45. The fourth-order valence-electron chi connectivity index (χ4n) is 3.21. The van der Waals surface area contributed by atoms with Gasteiger partial charge < -0.3 is 10.6 Å². The molecule has 0 amide bonds. The second-order valence-electron chi connectivity index (χ2n) is 5.50. The zero-order valence-corrected chi connectivity index (χ0v) is 12.5. The van der Waals surface area contributed by atoms with Crippen molar-refractivity contribution in [2.75, 3.05) is 24.5 Å². The second kappa shape index (κ2) is 6.02. The van der Waals surface area contributed by atoms with Crippen LogP contribution in [0.15, 0.2) is 30.3 Å². The Kier molecular flexibility index (Phi) is 4.13. The quantitative estimate of drug-likeness (QED) is 0.925. The third kappa shape index (κ3) is 2.50. The molecule has 0 aliphatic carbocycles. The smallest absolute Gasteiger partial charge is 0.0488 e. The topological polar surface area (TPSA) is 29.3 Å². The van der Waals surface area contributed by atoms with Crippen molar-refractivity contribution in [1.29, 1.82) is 0 Å². The van der Waals surface area contributed by atoms with Gasteiger partial charge in [0.05, 0.1) is 0 Å². The van der Waals surface area contributed by atoms with E-state index in [2.05, 4.69) is 35.2 Å². The Bertz CT molecular complexity index is 603. The van der Waals surface area contributed by atoms with E-state index >= 15 is 0 Å². The van der Waals surface area contributed by atoms with Gasteiger partial charge in [0.1, 0.15) is 0 Å². The van der Waals surface area contributed by atoms with Crippen molar-refractivity contribution in [2.45, 2.75) is 25.7 Å². The van der Waals surface area contributed by atoms with Gasteiger partial charge in [0, 0.05) is 34.6 Å². The van der Waals surface area contributed by atoms with E-state index in [4.69, 9.17) is 17.3 Å². The lowest BCUT2D eigenvalue weighted by Crippen LogP contribution is -2.30. The molecule has 0 bridgehead atoms. The van der Waals surface area contributed by atoms with Gasteiger partial charge in [-0.1, -0.05) is 35.9 Å². The monoisotopic (exact) mass is 288 g/mol. The van der Waals surface area contributed by atoms with E-state index in [1.165, 1.54) is 35.9 Å². The largest absolute Gasteiger partial charge is 0.371 e. The molecule has 1 heterocycles. The molecule has 1 saturated heterocycles. The van der Waals surface area contributed by atoms with E-state index < -0.39 is 0 Å². The van der Waals surface area contributed by atoms with E-state index in [1.54, 1.807) is 0 Å².